The Kier molecular flexibility index (Phi) is 7.83. The molecule has 2 saturated carbocycles. The smallest absolute Gasteiger partial charge is 0.407 e. The van der Waals surface area contributed by atoms with Crippen molar-refractivity contribution in [3.05, 3.63) is 60.2 Å². The number of ether oxygens (including phenoxy) is 1. The van der Waals surface area contributed by atoms with Crippen LogP contribution in [0.1, 0.15) is 38.3 Å². The minimum atomic E-state index is -3.57. The molecule has 204 valence electrons. The van der Waals surface area contributed by atoms with Crippen molar-refractivity contribution in [1.82, 2.24) is 15.0 Å². The summed E-state index contributed by atoms with van der Waals surface area (Å²) in [6, 6.07) is 9.51. The average molecular weight is 544 g/mol. The maximum absolute atomic E-state index is 13.6. The van der Waals surface area contributed by atoms with Gasteiger partial charge in [0.25, 0.3) is 0 Å². The van der Waals surface area contributed by atoms with E-state index in [-0.39, 0.29) is 42.1 Å². The zero-order valence-electron chi connectivity index (χ0n) is 21.3. The standard InChI is InChI=1S/C28H34FN3O5S/c1-2-37-28(34)31-22-9-10-23-19(13-22)14-26-27(25(16-33)32-38(26,35)36)24(23)11-8-21-7-6-18(15-30-21)17-4-3-5-20(29)12-17/h3-8,11-12,15,19,22-27,32-33H,2,9-10,13-14,16H2,1H3,(H,31,34)/b11-8+/t19-,22-,23+,24-,25+,26+,27+/m0/s1. The van der Waals surface area contributed by atoms with Gasteiger partial charge in [0.05, 0.1) is 24.2 Å². The van der Waals surface area contributed by atoms with E-state index in [1.54, 1.807) is 19.2 Å². The largest absolute Gasteiger partial charge is 0.450 e. The number of benzene rings is 1. The third-order valence-corrected chi connectivity index (χ3v) is 10.3. The van der Waals surface area contributed by atoms with Crippen LogP contribution in [0.15, 0.2) is 48.7 Å². The molecule has 0 radical (unpaired) electrons. The number of halogens is 1. The first kappa shape index (κ1) is 26.8. The molecular weight excluding hydrogens is 509 g/mol. The second kappa shape index (κ2) is 11.1. The molecule has 10 heteroatoms. The van der Waals surface area contributed by atoms with Crippen molar-refractivity contribution in [3.8, 4) is 11.1 Å². The molecule has 1 amide bonds. The number of alkyl carbamates (subject to hydrolysis) is 1. The van der Waals surface area contributed by atoms with Crippen molar-refractivity contribution in [1.29, 1.82) is 0 Å². The molecule has 7 atom stereocenters. The summed E-state index contributed by atoms with van der Waals surface area (Å²) in [4.78, 5) is 16.5. The number of aliphatic hydroxyl groups is 1. The first-order valence-corrected chi connectivity index (χ1v) is 14.8. The van der Waals surface area contributed by atoms with Crippen molar-refractivity contribution in [2.24, 2.45) is 23.7 Å². The van der Waals surface area contributed by atoms with Crippen LogP contribution in [0.25, 0.3) is 17.2 Å². The summed E-state index contributed by atoms with van der Waals surface area (Å²) in [6.45, 7) is 1.80. The van der Waals surface area contributed by atoms with Crippen LogP contribution >= 0.6 is 0 Å². The first-order valence-electron chi connectivity index (χ1n) is 13.2. The van der Waals surface area contributed by atoms with E-state index in [2.05, 4.69) is 21.1 Å². The summed E-state index contributed by atoms with van der Waals surface area (Å²) >= 11 is 0. The number of carbonyl (C=O) groups is 1. The van der Waals surface area contributed by atoms with Crippen LogP contribution in [0.4, 0.5) is 9.18 Å². The van der Waals surface area contributed by atoms with E-state index in [9.17, 15) is 22.7 Å². The van der Waals surface area contributed by atoms with Gasteiger partial charge in [0, 0.05) is 29.8 Å². The molecular formula is C28H34FN3O5S. The minimum Gasteiger partial charge on any atom is -0.450 e. The van der Waals surface area contributed by atoms with Gasteiger partial charge >= 0.3 is 6.09 Å². The van der Waals surface area contributed by atoms with Crippen molar-refractivity contribution < 1.29 is 27.4 Å². The highest BCUT2D eigenvalue weighted by Gasteiger charge is 2.56. The fourth-order valence-electron chi connectivity index (χ4n) is 6.74. The summed E-state index contributed by atoms with van der Waals surface area (Å²) in [7, 11) is -3.57. The number of sulfonamides is 1. The molecule has 0 unspecified atom stereocenters. The summed E-state index contributed by atoms with van der Waals surface area (Å²) < 4.78 is 47.4. The molecule has 1 aliphatic heterocycles. The molecule has 8 nitrogen and oxygen atoms in total. The van der Waals surface area contributed by atoms with Gasteiger partial charge in [0.15, 0.2) is 0 Å². The van der Waals surface area contributed by atoms with Crippen LogP contribution in [-0.2, 0) is 14.8 Å². The van der Waals surface area contributed by atoms with Gasteiger partial charge in [-0.15, -0.1) is 0 Å². The first-order chi connectivity index (χ1) is 18.3. The van der Waals surface area contributed by atoms with Gasteiger partial charge in [0.2, 0.25) is 10.0 Å². The second-order valence-corrected chi connectivity index (χ2v) is 12.5. The number of amides is 1. The number of nitrogens with one attached hydrogen (secondary N) is 2. The molecule has 3 fully saturated rings. The number of pyridine rings is 1. The number of carbonyl (C=O) groups excluding carboxylic acids is 1. The van der Waals surface area contributed by atoms with E-state index < -0.39 is 27.4 Å². The number of aliphatic hydroxyl groups excluding tert-OH is 1. The molecule has 5 rings (SSSR count). The van der Waals surface area contributed by atoms with Crippen molar-refractivity contribution >= 4 is 22.2 Å². The molecule has 1 saturated heterocycles. The van der Waals surface area contributed by atoms with Gasteiger partial charge in [-0.05, 0) is 80.2 Å². The Morgan fingerprint density at radius 2 is 2.08 bits per heavy atom. The number of nitrogens with zero attached hydrogens (tertiary/aromatic N) is 1. The molecule has 3 aliphatic rings. The third kappa shape index (κ3) is 5.48. The lowest BCUT2D eigenvalue weighted by Gasteiger charge is -2.48. The maximum Gasteiger partial charge on any atom is 0.407 e. The zero-order chi connectivity index (χ0) is 26.9. The Bertz CT molecular complexity index is 1290. The predicted molar refractivity (Wildman–Crippen MR) is 142 cm³/mol. The van der Waals surface area contributed by atoms with Crippen LogP contribution in [0.3, 0.4) is 0 Å². The number of hydrogen-bond acceptors (Lipinski definition) is 6. The Hall–Kier alpha value is -2.82. The summed E-state index contributed by atoms with van der Waals surface area (Å²) in [6.07, 6.45) is 8.06. The van der Waals surface area contributed by atoms with Crippen LogP contribution < -0.4 is 10.0 Å². The minimum absolute atomic E-state index is 0.0563. The number of aromatic nitrogens is 1. The average Bonchev–Trinajstić information content (AvgIpc) is 3.16. The monoisotopic (exact) mass is 543 g/mol. The summed E-state index contributed by atoms with van der Waals surface area (Å²) in [5.41, 5.74) is 2.27. The Balaban J connectivity index is 1.39. The van der Waals surface area contributed by atoms with E-state index in [4.69, 9.17) is 4.74 Å². The van der Waals surface area contributed by atoms with E-state index in [1.165, 1.54) is 12.1 Å². The maximum atomic E-state index is 13.6. The highest BCUT2D eigenvalue weighted by atomic mass is 32.2. The molecule has 1 aromatic heterocycles. The third-order valence-electron chi connectivity index (χ3n) is 8.35. The van der Waals surface area contributed by atoms with Gasteiger partial charge in [-0.3, -0.25) is 4.98 Å². The SMILES string of the molecule is CCOC(=O)N[C@H]1CC[C@@H]2[C@@H](C1)C[C@@H]1[C@H]([C@H]2/C=C/c2ccc(-c3cccc(F)c3)cn2)[C@@H](CO)NS1(=O)=O. The fraction of sp³-hybridized carbons (Fsp3) is 0.500. The predicted octanol–water partition coefficient (Wildman–Crippen LogP) is 3.73. The van der Waals surface area contributed by atoms with Crippen molar-refractivity contribution in [3.63, 3.8) is 0 Å². The number of allylic oxidation sites excluding steroid dienone is 1. The van der Waals surface area contributed by atoms with Crippen LogP contribution in [-0.4, -0.2) is 55.1 Å². The molecule has 2 aliphatic carbocycles. The van der Waals surface area contributed by atoms with Gasteiger partial charge in [-0.2, -0.15) is 0 Å². The van der Waals surface area contributed by atoms with Gasteiger partial charge in [-0.25, -0.2) is 22.3 Å². The normalized spacial score (nSPS) is 31.9. The van der Waals surface area contributed by atoms with E-state index in [0.29, 0.717) is 19.4 Å². The van der Waals surface area contributed by atoms with Crippen LogP contribution in [0.5, 0.6) is 0 Å². The second-order valence-electron chi connectivity index (χ2n) is 10.5. The summed E-state index contributed by atoms with van der Waals surface area (Å²) in [5.74, 6) is -0.288. The lowest BCUT2D eigenvalue weighted by molar-refractivity contribution is 0.0538. The zero-order valence-corrected chi connectivity index (χ0v) is 22.1. The number of fused-ring (bicyclic) bond motifs is 2. The number of rotatable bonds is 6. The van der Waals surface area contributed by atoms with Gasteiger partial charge in [0.1, 0.15) is 5.82 Å². The highest BCUT2D eigenvalue weighted by Crippen LogP contribution is 2.52. The molecule has 1 aromatic carbocycles. The molecule has 3 N–H and O–H groups in total. The molecule has 0 spiro atoms. The van der Waals surface area contributed by atoms with Crippen molar-refractivity contribution in [2.75, 3.05) is 13.2 Å². The lowest BCUT2D eigenvalue weighted by atomic mass is 9.59. The Morgan fingerprint density at radius 3 is 2.79 bits per heavy atom. The van der Waals surface area contributed by atoms with Gasteiger partial charge < -0.3 is 15.2 Å². The number of hydrogen-bond donors (Lipinski definition) is 3. The highest BCUT2D eigenvalue weighted by molar-refractivity contribution is 7.90. The van der Waals surface area contributed by atoms with E-state index >= 15 is 0 Å². The summed E-state index contributed by atoms with van der Waals surface area (Å²) in [5, 5.41) is 12.4. The fourth-order valence-corrected chi connectivity index (χ4v) is 8.86. The van der Waals surface area contributed by atoms with Crippen LogP contribution in [0, 0.1) is 29.5 Å². The van der Waals surface area contributed by atoms with Crippen LogP contribution in [0.2, 0.25) is 0 Å². The Morgan fingerprint density at radius 1 is 1.24 bits per heavy atom. The van der Waals surface area contributed by atoms with E-state index in [0.717, 1.165) is 29.7 Å². The molecule has 2 aromatic rings. The topological polar surface area (TPSA) is 118 Å². The Labute approximate surface area is 222 Å². The molecule has 2 heterocycles. The molecule has 0 bridgehead atoms. The van der Waals surface area contributed by atoms with Gasteiger partial charge in [-0.1, -0.05) is 24.3 Å². The van der Waals surface area contributed by atoms with E-state index in [1.807, 2.05) is 24.3 Å². The quantitative estimate of drug-likeness (QED) is 0.511. The molecule has 38 heavy (non-hydrogen) atoms. The lowest BCUT2D eigenvalue weighted by Crippen LogP contribution is -2.50. The van der Waals surface area contributed by atoms with Crippen molar-refractivity contribution in [2.45, 2.75) is 49.9 Å².